The number of methoxy groups -OCH3 is 1. The highest BCUT2D eigenvalue weighted by Gasteiger charge is 2.47. The third-order valence-electron chi connectivity index (χ3n) is 6.63. The van der Waals surface area contributed by atoms with Gasteiger partial charge in [-0.1, -0.05) is 0 Å². The minimum atomic E-state index is -0.451. The molecule has 2 saturated heterocycles. The number of piperidine rings is 1. The van der Waals surface area contributed by atoms with Crippen LogP contribution >= 0.6 is 0 Å². The van der Waals surface area contributed by atoms with Crippen LogP contribution in [0.4, 0.5) is 0 Å². The second-order valence-corrected chi connectivity index (χ2v) is 8.46. The van der Waals surface area contributed by atoms with Gasteiger partial charge in [0.15, 0.2) is 5.82 Å². The molecular weight excluding hydrogens is 410 g/mol. The normalized spacial score (nSPS) is 22.5. The Labute approximate surface area is 186 Å². The van der Waals surface area contributed by atoms with E-state index in [1.807, 2.05) is 40.0 Å². The Morgan fingerprint density at radius 2 is 2.12 bits per heavy atom. The summed E-state index contributed by atoms with van der Waals surface area (Å²) in [6, 6.07) is 7.81. The van der Waals surface area contributed by atoms with Crippen molar-refractivity contribution in [3.8, 4) is 0 Å². The quantitative estimate of drug-likeness (QED) is 0.617. The number of nitrogens with one attached hydrogen (secondary N) is 1. The lowest BCUT2D eigenvalue weighted by Gasteiger charge is -2.49. The lowest BCUT2D eigenvalue weighted by Crippen LogP contribution is -2.61. The monoisotopic (exact) mass is 439 g/mol. The van der Waals surface area contributed by atoms with E-state index >= 15 is 0 Å². The number of nitrogens with zero attached hydrogens (tertiary/aromatic N) is 6. The summed E-state index contributed by atoms with van der Waals surface area (Å²) in [5.74, 6) is 0.844. The van der Waals surface area contributed by atoms with Crippen LogP contribution in [0.3, 0.4) is 0 Å². The van der Waals surface area contributed by atoms with E-state index in [4.69, 9.17) is 9.47 Å². The van der Waals surface area contributed by atoms with Gasteiger partial charge in [0, 0.05) is 56.0 Å². The summed E-state index contributed by atoms with van der Waals surface area (Å²) in [6.07, 6.45) is 3.66. The second-order valence-electron chi connectivity index (χ2n) is 8.46. The molecule has 2 aromatic heterocycles. The highest BCUT2D eigenvalue weighted by atomic mass is 16.5. The summed E-state index contributed by atoms with van der Waals surface area (Å²) >= 11 is 0. The van der Waals surface area contributed by atoms with Crippen LogP contribution in [-0.4, -0.2) is 94.0 Å². The fourth-order valence-corrected chi connectivity index (χ4v) is 5.02. The first-order chi connectivity index (χ1) is 15.7. The average molecular weight is 440 g/mol. The molecule has 4 heterocycles. The predicted molar refractivity (Wildman–Crippen MR) is 117 cm³/mol. The molecule has 32 heavy (non-hydrogen) atoms. The van der Waals surface area contributed by atoms with Crippen LogP contribution in [0.2, 0.25) is 0 Å². The van der Waals surface area contributed by atoms with Crippen LogP contribution in [-0.2, 0) is 21.6 Å². The molecule has 2 fully saturated rings. The Morgan fingerprint density at radius 1 is 1.25 bits per heavy atom. The predicted octanol–water partition coefficient (Wildman–Crippen LogP) is 1.26. The maximum atomic E-state index is 13.6. The number of hydrogen-bond acceptors (Lipinski definition) is 7. The summed E-state index contributed by atoms with van der Waals surface area (Å²) in [4.78, 5) is 21.1. The number of aromatic nitrogens is 5. The number of aromatic amines is 1. The van der Waals surface area contributed by atoms with E-state index in [9.17, 15) is 4.79 Å². The molecule has 5 rings (SSSR count). The van der Waals surface area contributed by atoms with E-state index in [-0.39, 0.29) is 5.91 Å². The number of rotatable bonds is 6. The summed E-state index contributed by atoms with van der Waals surface area (Å²) in [6.45, 7) is 5.27. The fourth-order valence-electron chi connectivity index (χ4n) is 5.02. The molecule has 1 N–H and O–H groups in total. The van der Waals surface area contributed by atoms with E-state index in [1.165, 1.54) is 0 Å². The number of H-pyrrole nitrogens is 1. The van der Waals surface area contributed by atoms with Crippen LogP contribution < -0.4 is 0 Å². The molecule has 1 aromatic carbocycles. The Morgan fingerprint density at radius 3 is 2.97 bits per heavy atom. The molecule has 1 atom stereocenters. The first-order valence-electron chi connectivity index (χ1n) is 11.2. The molecule has 10 heteroatoms. The van der Waals surface area contributed by atoms with Crippen molar-refractivity contribution in [2.24, 2.45) is 0 Å². The summed E-state index contributed by atoms with van der Waals surface area (Å²) in [5.41, 5.74) is 1.28. The van der Waals surface area contributed by atoms with Crippen LogP contribution in [0.25, 0.3) is 10.9 Å². The number of carbonyl (C=O) groups excluding carboxylic acids is 1. The van der Waals surface area contributed by atoms with Crippen molar-refractivity contribution < 1.29 is 14.3 Å². The number of carbonyl (C=O) groups is 1. The van der Waals surface area contributed by atoms with Crippen molar-refractivity contribution in [3.63, 3.8) is 0 Å². The minimum absolute atomic E-state index is 0.0429. The molecule has 170 valence electrons. The minimum Gasteiger partial charge on any atom is -0.383 e. The smallest absolute Gasteiger partial charge is 0.253 e. The van der Waals surface area contributed by atoms with E-state index in [0.29, 0.717) is 38.5 Å². The molecular formula is C22H29N7O3. The second kappa shape index (κ2) is 8.97. The van der Waals surface area contributed by atoms with Gasteiger partial charge in [-0.05, 0) is 47.5 Å². The number of likely N-dealkylation sites (tertiary alicyclic amines) is 1. The van der Waals surface area contributed by atoms with Crippen molar-refractivity contribution in [3.05, 3.63) is 41.9 Å². The molecule has 0 radical (unpaired) electrons. The van der Waals surface area contributed by atoms with E-state index < -0.39 is 5.54 Å². The van der Waals surface area contributed by atoms with E-state index in [1.54, 1.807) is 7.11 Å². The molecule has 0 aliphatic carbocycles. The van der Waals surface area contributed by atoms with Gasteiger partial charge < -0.3 is 19.4 Å². The summed E-state index contributed by atoms with van der Waals surface area (Å²) in [5, 5.41) is 13.7. The molecule has 0 bridgehead atoms. The number of amides is 1. The molecule has 2 aliphatic heterocycles. The first-order valence-corrected chi connectivity index (χ1v) is 11.2. The van der Waals surface area contributed by atoms with Crippen LogP contribution in [0.1, 0.15) is 29.0 Å². The van der Waals surface area contributed by atoms with Crippen molar-refractivity contribution in [2.45, 2.75) is 24.9 Å². The zero-order valence-electron chi connectivity index (χ0n) is 18.4. The van der Waals surface area contributed by atoms with Crippen molar-refractivity contribution in [1.82, 2.24) is 35.0 Å². The Hall–Kier alpha value is -2.82. The number of fused-ring (bicyclic) bond motifs is 1. The standard InChI is InChI=1S/C22H29N7O3/c1-31-12-11-29-21(24-25-26-29)22(28-9-13-32-14-10-28)6-2-8-27(16-22)20(30)18-3-4-19-17(15-18)5-7-23-19/h3-5,7,15,23H,2,6,8-14,16H2,1H3. The van der Waals surface area contributed by atoms with Gasteiger partial charge in [-0.3, -0.25) is 9.69 Å². The maximum Gasteiger partial charge on any atom is 0.253 e. The number of morpholine rings is 1. The Balaban J connectivity index is 1.48. The van der Waals surface area contributed by atoms with Crippen molar-refractivity contribution >= 4 is 16.8 Å². The molecule has 10 nitrogen and oxygen atoms in total. The Bertz CT molecular complexity index is 1070. The molecule has 1 unspecified atom stereocenters. The molecule has 1 amide bonds. The SMILES string of the molecule is COCCn1nnnc1C1(N2CCOCC2)CCCN(C(=O)c2ccc3[nH]ccc3c2)C1. The zero-order chi connectivity index (χ0) is 22.0. The highest BCUT2D eigenvalue weighted by Crippen LogP contribution is 2.37. The number of hydrogen-bond donors (Lipinski definition) is 1. The van der Waals surface area contributed by atoms with E-state index in [2.05, 4.69) is 25.4 Å². The van der Waals surface area contributed by atoms with Gasteiger partial charge in [0.05, 0.1) is 26.4 Å². The van der Waals surface area contributed by atoms with Crippen LogP contribution in [0.15, 0.2) is 30.5 Å². The third kappa shape index (κ3) is 3.78. The van der Waals surface area contributed by atoms with Crippen molar-refractivity contribution in [1.29, 1.82) is 0 Å². The zero-order valence-corrected chi connectivity index (χ0v) is 18.4. The van der Waals surface area contributed by atoms with Gasteiger partial charge in [0.25, 0.3) is 5.91 Å². The molecule has 0 spiro atoms. The largest absolute Gasteiger partial charge is 0.383 e. The average Bonchev–Trinajstić information content (AvgIpc) is 3.52. The lowest BCUT2D eigenvalue weighted by atomic mass is 9.85. The van der Waals surface area contributed by atoms with Gasteiger partial charge in [0.2, 0.25) is 0 Å². The third-order valence-corrected chi connectivity index (χ3v) is 6.63. The van der Waals surface area contributed by atoms with E-state index in [0.717, 1.165) is 49.2 Å². The molecule has 3 aromatic rings. The summed E-state index contributed by atoms with van der Waals surface area (Å²) in [7, 11) is 1.67. The maximum absolute atomic E-state index is 13.6. The Kier molecular flexibility index (Phi) is 5.90. The van der Waals surface area contributed by atoms with Gasteiger partial charge in [-0.25, -0.2) is 4.68 Å². The topological polar surface area (TPSA) is 101 Å². The first kappa shape index (κ1) is 21.0. The van der Waals surface area contributed by atoms with Gasteiger partial charge >= 0.3 is 0 Å². The molecule has 0 saturated carbocycles. The van der Waals surface area contributed by atoms with Crippen LogP contribution in [0, 0.1) is 0 Å². The number of ether oxygens (including phenoxy) is 2. The van der Waals surface area contributed by atoms with Crippen LogP contribution in [0.5, 0.6) is 0 Å². The highest BCUT2D eigenvalue weighted by molar-refractivity contribution is 5.98. The molecule has 2 aliphatic rings. The van der Waals surface area contributed by atoms with Crippen molar-refractivity contribution in [2.75, 3.05) is 53.1 Å². The lowest BCUT2D eigenvalue weighted by molar-refractivity contribution is -0.0573. The summed E-state index contributed by atoms with van der Waals surface area (Å²) < 4.78 is 12.7. The number of benzene rings is 1. The number of tetrazole rings is 1. The fraction of sp³-hybridized carbons (Fsp3) is 0.545. The van der Waals surface area contributed by atoms with Gasteiger partial charge in [-0.15, -0.1) is 5.10 Å². The van der Waals surface area contributed by atoms with Gasteiger partial charge in [-0.2, -0.15) is 0 Å². The van der Waals surface area contributed by atoms with Gasteiger partial charge in [0.1, 0.15) is 5.54 Å².